The zero-order valence-electron chi connectivity index (χ0n) is 14.9. The number of hydrogen-bond donors (Lipinski definition) is 1. The second kappa shape index (κ2) is 8.80. The molecule has 0 aliphatic rings. The maximum atomic E-state index is 13.1. The number of halogens is 2. The summed E-state index contributed by atoms with van der Waals surface area (Å²) in [6.45, 7) is 5.14. The number of nitrogens with one attached hydrogen (secondary N) is 1. The third-order valence-electron chi connectivity index (χ3n) is 3.96. The van der Waals surface area contributed by atoms with Gasteiger partial charge in [0, 0.05) is 6.04 Å². The standard InChI is InChI=1S/C18H21ClFN3O3/c1-4-13(5-2)21-15(24)10-26-18(25)16-11(3)22-23(17(16)19)14-8-6-12(20)7-9-14/h6-9,13H,4-5,10H2,1-3H3,(H,21,24). The number of nitrogens with zero attached hydrogens (tertiary/aromatic N) is 2. The van der Waals surface area contributed by atoms with Crippen molar-refractivity contribution in [3.05, 3.63) is 46.5 Å². The van der Waals surface area contributed by atoms with Crippen LogP contribution in [0.25, 0.3) is 5.69 Å². The first-order valence-electron chi connectivity index (χ1n) is 8.34. The van der Waals surface area contributed by atoms with Crippen LogP contribution in [0, 0.1) is 12.7 Å². The zero-order chi connectivity index (χ0) is 19.3. The first kappa shape index (κ1) is 19.9. The zero-order valence-corrected chi connectivity index (χ0v) is 15.6. The fourth-order valence-electron chi connectivity index (χ4n) is 2.45. The Labute approximate surface area is 156 Å². The van der Waals surface area contributed by atoms with Crippen molar-refractivity contribution in [3.63, 3.8) is 0 Å². The van der Waals surface area contributed by atoms with Crippen LogP contribution in [0.3, 0.4) is 0 Å². The summed E-state index contributed by atoms with van der Waals surface area (Å²) in [4.78, 5) is 24.2. The summed E-state index contributed by atoms with van der Waals surface area (Å²) in [5, 5.41) is 7.02. The number of rotatable bonds is 7. The second-order valence-electron chi connectivity index (χ2n) is 5.80. The normalized spacial score (nSPS) is 10.8. The predicted octanol–water partition coefficient (Wildman–Crippen LogP) is 3.43. The van der Waals surface area contributed by atoms with Gasteiger partial charge in [0.15, 0.2) is 6.61 Å². The van der Waals surface area contributed by atoms with Gasteiger partial charge in [-0.25, -0.2) is 13.9 Å². The number of esters is 1. The van der Waals surface area contributed by atoms with Crippen LogP contribution in [0.2, 0.25) is 5.15 Å². The summed E-state index contributed by atoms with van der Waals surface area (Å²) < 4.78 is 19.4. The molecule has 26 heavy (non-hydrogen) atoms. The molecule has 0 saturated heterocycles. The Kier molecular flexibility index (Phi) is 6.74. The highest BCUT2D eigenvalue weighted by Crippen LogP contribution is 2.24. The summed E-state index contributed by atoms with van der Waals surface area (Å²) in [6.07, 6.45) is 1.59. The summed E-state index contributed by atoms with van der Waals surface area (Å²) in [5.74, 6) is -1.50. The monoisotopic (exact) mass is 381 g/mol. The van der Waals surface area contributed by atoms with Crippen LogP contribution < -0.4 is 5.32 Å². The van der Waals surface area contributed by atoms with Gasteiger partial charge in [-0.05, 0) is 44.0 Å². The average molecular weight is 382 g/mol. The minimum Gasteiger partial charge on any atom is -0.452 e. The van der Waals surface area contributed by atoms with Crippen molar-refractivity contribution in [2.45, 2.75) is 39.7 Å². The van der Waals surface area contributed by atoms with Gasteiger partial charge in [0.25, 0.3) is 5.91 Å². The molecule has 0 spiro atoms. The van der Waals surface area contributed by atoms with Crippen LogP contribution in [-0.2, 0) is 9.53 Å². The van der Waals surface area contributed by atoms with Crippen LogP contribution in [0.1, 0.15) is 42.7 Å². The van der Waals surface area contributed by atoms with Crippen LogP contribution in [0.4, 0.5) is 4.39 Å². The van der Waals surface area contributed by atoms with Gasteiger partial charge < -0.3 is 10.1 Å². The maximum Gasteiger partial charge on any atom is 0.343 e. The molecule has 1 aromatic carbocycles. The lowest BCUT2D eigenvalue weighted by molar-refractivity contribution is -0.125. The van der Waals surface area contributed by atoms with Crippen molar-refractivity contribution in [1.29, 1.82) is 0 Å². The van der Waals surface area contributed by atoms with Crippen LogP contribution in [0.15, 0.2) is 24.3 Å². The largest absolute Gasteiger partial charge is 0.452 e. The first-order chi connectivity index (χ1) is 12.4. The van der Waals surface area contributed by atoms with Gasteiger partial charge in [0.05, 0.1) is 11.4 Å². The molecular formula is C18H21ClFN3O3. The minimum atomic E-state index is -0.736. The topological polar surface area (TPSA) is 73.2 Å². The molecule has 2 rings (SSSR count). The van der Waals surface area contributed by atoms with Crippen LogP contribution >= 0.6 is 11.6 Å². The number of aromatic nitrogens is 2. The smallest absolute Gasteiger partial charge is 0.343 e. The number of benzene rings is 1. The molecule has 8 heteroatoms. The Morgan fingerprint density at radius 3 is 2.46 bits per heavy atom. The van der Waals surface area contributed by atoms with Crippen molar-refractivity contribution in [2.24, 2.45) is 0 Å². The highest BCUT2D eigenvalue weighted by Gasteiger charge is 2.23. The Morgan fingerprint density at radius 1 is 1.27 bits per heavy atom. The molecule has 0 radical (unpaired) electrons. The van der Waals surface area contributed by atoms with E-state index in [1.807, 2.05) is 13.8 Å². The summed E-state index contributed by atoms with van der Waals surface area (Å²) in [5.41, 5.74) is 0.932. The molecule has 1 amide bonds. The molecule has 0 saturated carbocycles. The van der Waals surface area contributed by atoms with Gasteiger partial charge in [-0.15, -0.1) is 0 Å². The quantitative estimate of drug-likeness (QED) is 0.746. The van der Waals surface area contributed by atoms with E-state index >= 15 is 0 Å². The van der Waals surface area contributed by atoms with Crippen LogP contribution in [-0.4, -0.2) is 34.3 Å². The van der Waals surface area contributed by atoms with Crippen molar-refractivity contribution in [3.8, 4) is 5.69 Å². The number of aryl methyl sites for hydroxylation is 1. The second-order valence-corrected chi connectivity index (χ2v) is 6.15. The number of amides is 1. The molecule has 2 aromatic rings. The summed E-state index contributed by atoms with van der Waals surface area (Å²) >= 11 is 6.25. The van der Waals surface area contributed by atoms with E-state index in [2.05, 4.69) is 10.4 Å². The van der Waals surface area contributed by atoms with Crippen molar-refractivity contribution in [1.82, 2.24) is 15.1 Å². The molecular weight excluding hydrogens is 361 g/mol. The Hall–Kier alpha value is -2.41. The van der Waals surface area contributed by atoms with Gasteiger partial charge in [-0.2, -0.15) is 5.10 Å². The van der Waals surface area contributed by atoms with E-state index in [4.69, 9.17) is 16.3 Å². The fourth-order valence-corrected chi connectivity index (χ4v) is 2.80. The number of hydrogen-bond acceptors (Lipinski definition) is 4. The Balaban J connectivity index is 2.10. The fraction of sp³-hybridized carbons (Fsp3) is 0.389. The SMILES string of the molecule is CCC(CC)NC(=O)COC(=O)c1c(C)nn(-c2ccc(F)cc2)c1Cl. The molecule has 1 N–H and O–H groups in total. The van der Waals surface area contributed by atoms with Crippen molar-refractivity contribution < 1.29 is 18.7 Å². The van der Waals surface area contributed by atoms with E-state index in [1.54, 1.807) is 6.92 Å². The third kappa shape index (κ3) is 4.60. The molecule has 1 aromatic heterocycles. The van der Waals surface area contributed by atoms with Crippen molar-refractivity contribution >= 4 is 23.5 Å². The highest BCUT2D eigenvalue weighted by molar-refractivity contribution is 6.33. The average Bonchev–Trinajstić information content (AvgIpc) is 2.92. The maximum absolute atomic E-state index is 13.1. The van der Waals surface area contributed by atoms with E-state index in [-0.39, 0.29) is 22.7 Å². The molecule has 0 bridgehead atoms. The highest BCUT2D eigenvalue weighted by atomic mass is 35.5. The van der Waals surface area contributed by atoms with E-state index in [0.29, 0.717) is 11.4 Å². The minimum absolute atomic E-state index is 0.0412. The van der Waals surface area contributed by atoms with Gasteiger partial charge in [0.2, 0.25) is 0 Å². The number of ether oxygens (including phenoxy) is 1. The molecule has 0 aliphatic carbocycles. The molecule has 0 unspecified atom stereocenters. The van der Waals surface area contributed by atoms with E-state index in [9.17, 15) is 14.0 Å². The summed E-state index contributed by atoms with van der Waals surface area (Å²) in [7, 11) is 0. The lowest BCUT2D eigenvalue weighted by Crippen LogP contribution is -2.36. The molecule has 0 atom stereocenters. The Morgan fingerprint density at radius 2 is 1.88 bits per heavy atom. The summed E-state index contributed by atoms with van der Waals surface area (Å²) in [6, 6.07) is 5.57. The molecule has 0 fully saturated rings. The van der Waals surface area contributed by atoms with E-state index in [1.165, 1.54) is 28.9 Å². The van der Waals surface area contributed by atoms with E-state index in [0.717, 1.165) is 12.8 Å². The van der Waals surface area contributed by atoms with Gasteiger partial charge in [0.1, 0.15) is 16.5 Å². The van der Waals surface area contributed by atoms with Gasteiger partial charge in [-0.3, -0.25) is 4.79 Å². The molecule has 0 aliphatic heterocycles. The number of carbonyl (C=O) groups excluding carboxylic acids is 2. The van der Waals surface area contributed by atoms with Gasteiger partial charge in [-0.1, -0.05) is 25.4 Å². The molecule has 6 nitrogen and oxygen atoms in total. The predicted molar refractivity (Wildman–Crippen MR) is 96.1 cm³/mol. The third-order valence-corrected chi connectivity index (χ3v) is 4.31. The lowest BCUT2D eigenvalue weighted by Gasteiger charge is -2.14. The lowest BCUT2D eigenvalue weighted by atomic mass is 10.2. The molecule has 140 valence electrons. The van der Waals surface area contributed by atoms with Crippen molar-refractivity contribution in [2.75, 3.05) is 6.61 Å². The van der Waals surface area contributed by atoms with Gasteiger partial charge >= 0.3 is 5.97 Å². The Bertz CT molecular complexity index is 786. The van der Waals surface area contributed by atoms with E-state index < -0.39 is 18.4 Å². The first-order valence-corrected chi connectivity index (χ1v) is 8.72. The molecule has 1 heterocycles. The van der Waals surface area contributed by atoms with Crippen LogP contribution in [0.5, 0.6) is 0 Å². The number of carbonyl (C=O) groups is 2.